The van der Waals surface area contributed by atoms with Gasteiger partial charge in [-0.15, -0.1) is 0 Å². The Kier molecular flexibility index (Phi) is 6.32. The summed E-state index contributed by atoms with van der Waals surface area (Å²) in [6, 6.07) is 9.06. The van der Waals surface area contributed by atoms with E-state index in [2.05, 4.69) is 6.92 Å². The molecule has 2 N–H and O–H groups in total. The van der Waals surface area contributed by atoms with Crippen molar-refractivity contribution in [3.05, 3.63) is 47.0 Å². The van der Waals surface area contributed by atoms with Crippen LogP contribution in [-0.2, 0) is 0 Å². The van der Waals surface area contributed by atoms with Crippen LogP contribution in [0.2, 0.25) is 0 Å². The number of fused-ring (bicyclic) bond motifs is 1. The number of carbonyl (C=O) groups is 1. The van der Waals surface area contributed by atoms with Crippen molar-refractivity contribution in [2.75, 3.05) is 45.1 Å². The monoisotopic (exact) mass is 396 g/mol. The molecule has 0 aromatic heterocycles. The Balaban J connectivity index is 2.03. The van der Waals surface area contributed by atoms with Gasteiger partial charge in [0.1, 0.15) is 19.0 Å². The first-order valence-corrected chi connectivity index (χ1v) is 9.74. The molecule has 0 saturated heterocycles. The van der Waals surface area contributed by atoms with Crippen LogP contribution in [0.4, 0.5) is 11.4 Å². The Labute approximate surface area is 171 Å². The van der Waals surface area contributed by atoms with E-state index in [-0.39, 0.29) is 5.78 Å². The molecule has 0 fully saturated rings. The molecule has 29 heavy (non-hydrogen) atoms. The number of Topliss-reactive ketones (excluding diaryl/α,β-unsaturated/α-hetero) is 1. The SMILES string of the molecule is CCCC(=Cc1cc2c(cc1OC)OCCO2)C(=O)c1ccc(N)c(N(C)C)c1. The second-order valence-electron chi connectivity index (χ2n) is 7.15. The molecule has 0 radical (unpaired) electrons. The number of nitrogens with two attached hydrogens (primary N) is 1. The quantitative estimate of drug-likeness (QED) is 0.430. The molecular formula is C23H28N2O4. The Morgan fingerprint density at radius 2 is 1.86 bits per heavy atom. The van der Waals surface area contributed by atoms with Crippen LogP contribution in [0.1, 0.15) is 35.7 Å². The lowest BCUT2D eigenvalue weighted by Gasteiger charge is -2.20. The molecule has 1 heterocycles. The van der Waals surface area contributed by atoms with Crippen LogP contribution in [0.25, 0.3) is 6.08 Å². The van der Waals surface area contributed by atoms with Crippen molar-refractivity contribution >= 4 is 23.2 Å². The Morgan fingerprint density at radius 1 is 1.17 bits per heavy atom. The first kappa shape index (κ1) is 20.6. The fourth-order valence-electron chi connectivity index (χ4n) is 3.34. The Morgan fingerprint density at radius 3 is 2.48 bits per heavy atom. The van der Waals surface area contributed by atoms with Gasteiger partial charge in [-0.1, -0.05) is 13.3 Å². The zero-order valence-electron chi connectivity index (χ0n) is 17.5. The lowest BCUT2D eigenvalue weighted by molar-refractivity contribution is 0.103. The summed E-state index contributed by atoms with van der Waals surface area (Å²) in [6.07, 6.45) is 3.38. The number of ketones is 1. The smallest absolute Gasteiger partial charge is 0.189 e. The summed E-state index contributed by atoms with van der Waals surface area (Å²) in [5.41, 5.74) is 9.61. The number of hydrogen-bond acceptors (Lipinski definition) is 6. The molecule has 0 unspecified atom stereocenters. The number of rotatable bonds is 7. The van der Waals surface area contributed by atoms with Gasteiger partial charge in [-0.2, -0.15) is 0 Å². The molecule has 0 amide bonds. The number of benzene rings is 2. The molecule has 0 saturated carbocycles. The maximum absolute atomic E-state index is 13.3. The highest BCUT2D eigenvalue weighted by atomic mass is 16.6. The number of ether oxygens (including phenoxy) is 3. The van der Waals surface area contributed by atoms with Gasteiger partial charge in [-0.05, 0) is 36.8 Å². The number of carbonyl (C=O) groups excluding carboxylic acids is 1. The maximum atomic E-state index is 13.3. The highest BCUT2D eigenvalue weighted by molar-refractivity contribution is 6.12. The summed E-state index contributed by atoms with van der Waals surface area (Å²) in [6.45, 7) is 3.06. The standard InChI is InChI=1S/C23H28N2O4/c1-5-6-15(23(26)16-7-8-18(24)19(12-16)25(2)3)11-17-13-21-22(14-20(17)27-4)29-10-9-28-21/h7-8,11-14H,5-6,9-10,24H2,1-4H3. The van der Waals surface area contributed by atoms with Gasteiger partial charge in [0.15, 0.2) is 17.3 Å². The largest absolute Gasteiger partial charge is 0.496 e. The van der Waals surface area contributed by atoms with E-state index in [1.807, 2.05) is 43.3 Å². The molecule has 3 rings (SSSR count). The van der Waals surface area contributed by atoms with Crippen molar-refractivity contribution in [2.45, 2.75) is 19.8 Å². The van der Waals surface area contributed by atoms with Gasteiger partial charge in [-0.3, -0.25) is 4.79 Å². The van der Waals surface area contributed by atoms with Gasteiger partial charge in [0.25, 0.3) is 0 Å². The van der Waals surface area contributed by atoms with Crippen molar-refractivity contribution in [1.82, 2.24) is 0 Å². The van der Waals surface area contributed by atoms with E-state index in [0.29, 0.717) is 53.7 Å². The number of nitrogen functional groups attached to an aromatic ring is 1. The first-order chi connectivity index (χ1) is 13.9. The minimum atomic E-state index is -0.0214. The number of hydrogen-bond donors (Lipinski definition) is 1. The van der Waals surface area contributed by atoms with Crippen LogP contribution in [0.15, 0.2) is 35.9 Å². The highest BCUT2D eigenvalue weighted by Crippen LogP contribution is 2.38. The molecule has 1 aliphatic heterocycles. The van der Waals surface area contributed by atoms with Crippen LogP contribution in [-0.4, -0.2) is 40.2 Å². The van der Waals surface area contributed by atoms with Gasteiger partial charge in [0.05, 0.1) is 18.5 Å². The van der Waals surface area contributed by atoms with Crippen molar-refractivity contribution in [3.63, 3.8) is 0 Å². The lowest BCUT2D eigenvalue weighted by atomic mass is 9.96. The third kappa shape index (κ3) is 4.47. The van der Waals surface area contributed by atoms with Gasteiger partial charge in [0, 0.05) is 36.9 Å². The minimum Gasteiger partial charge on any atom is -0.496 e. The van der Waals surface area contributed by atoms with Crippen LogP contribution < -0.4 is 24.8 Å². The zero-order valence-corrected chi connectivity index (χ0v) is 17.5. The average Bonchev–Trinajstić information content (AvgIpc) is 2.72. The van der Waals surface area contributed by atoms with E-state index < -0.39 is 0 Å². The van der Waals surface area contributed by atoms with E-state index in [0.717, 1.165) is 17.7 Å². The van der Waals surface area contributed by atoms with E-state index in [1.54, 1.807) is 19.2 Å². The molecule has 0 aliphatic carbocycles. The number of anilines is 2. The first-order valence-electron chi connectivity index (χ1n) is 9.74. The van der Waals surface area contributed by atoms with Crippen molar-refractivity contribution in [3.8, 4) is 17.2 Å². The van der Waals surface area contributed by atoms with Gasteiger partial charge in [0.2, 0.25) is 0 Å². The van der Waals surface area contributed by atoms with E-state index >= 15 is 0 Å². The maximum Gasteiger partial charge on any atom is 0.189 e. The second-order valence-corrected chi connectivity index (χ2v) is 7.15. The Bertz CT molecular complexity index is 935. The topological polar surface area (TPSA) is 74.0 Å². The summed E-state index contributed by atoms with van der Waals surface area (Å²) in [4.78, 5) is 15.2. The predicted molar refractivity (Wildman–Crippen MR) is 116 cm³/mol. The molecule has 1 aliphatic rings. The third-order valence-electron chi connectivity index (χ3n) is 4.81. The van der Waals surface area contributed by atoms with Crippen LogP contribution >= 0.6 is 0 Å². The van der Waals surface area contributed by atoms with Gasteiger partial charge in [-0.25, -0.2) is 0 Å². The fraction of sp³-hybridized carbons (Fsp3) is 0.348. The lowest BCUT2D eigenvalue weighted by Crippen LogP contribution is -2.15. The van der Waals surface area contributed by atoms with E-state index in [9.17, 15) is 4.79 Å². The molecule has 0 spiro atoms. The van der Waals surface area contributed by atoms with Crippen molar-refractivity contribution < 1.29 is 19.0 Å². The molecule has 2 aromatic rings. The third-order valence-corrected chi connectivity index (χ3v) is 4.81. The molecule has 6 heteroatoms. The van der Waals surface area contributed by atoms with Crippen LogP contribution in [0, 0.1) is 0 Å². The molecule has 6 nitrogen and oxygen atoms in total. The van der Waals surface area contributed by atoms with E-state index in [1.165, 1.54) is 0 Å². The summed E-state index contributed by atoms with van der Waals surface area (Å²) in [7, 11) is 5.42. The summed E-state index contributed by atoms with van der Waals surface area (Å²) < 4.78 is 16.8. The average molecular weight is 396 g/mol. The van der Waals surface area contributed by atoms with E-state index in [4.69, 9.17) is 19.9 Å². The van der Waals surface area contributed by atoms with Crippen molar-refractivity contribution in [1.29, 1.82) is 0 Å². The molecular weight excluding hydrogens is 368 g/mol. The van der Waals surface area contributed by atoms with Crippen molar-refractivity contribution in [2.24, 2.45) is 0 Å². The van der Waals surface area contributed by atoms with Gasteiger partial charge < -0.3 is 24.8 Å². The molecule has 2 aromatic carbocycles. The van der Waals surface area contributed by atoms with Gasteiger partial charge >= 0.3 is 0 Å². The molecule has 154 valence electrons. The zero-order chi connectivity index (χ0) is 21.0. The number of allylic oxidation sites excluding steroid dienone is 1. The summed E-state index contributed by atoms with van der Waals surface area (Å²) in [5, 5.41) is 0. The highest BCUT2D eigenvalue weighted by Gasteiger charge is 2.18. The Hall–Kier alpha value is -3.15. The normalized spacial score (nSPS) is 13.2. The molecule has 0 atom stereocenters. The number of methoxy groups -OCH3 is 1. The molecule has 0 bridgehead atoms. The van der Waals surface area contributed by atoms with Crippen LogP contribution in [0.5, 0.6) is 17.2 Å². The minimum absolute atomic E-state index is 0.0214. The number of nitrogens with zero attached hydrogens (tertiary/aromatic N) is 1. The summed E-state index contributed by atoms with van der Waals surface area (Å²) >= 11 is 0. The summed E-state index contributed by atoms with van der Waals surface area (Å²) in [5.74, 6) is 1.94. The second kappa shape index (κ2) is 8.90. The predicted octanol–water partition coefficient (Wildman–Crippen LogP) is 4.18. The fourth-order valence-corrected chi connectivity index (χ4v) is 3.34. The van der Waals surface area contributed by atoms with Crippen LogP contribution in [0.3, 0.4) is 0 Å².